The zero-order chi connectivity index (χ0) is 24.5. The van der Waals surface area contributed by atoms with Gasteiger partial charge in [-0.15, -0.1) is 5.73 Å². The lowest BCUT2D eigenvalue weighted by Crippen LogP contribution is -2.44. The Balaban J connectivity index is 2.01. The van der Waals surface area contributed by atoms with E-state index in [-0.39, 0.29) is 29.6 Å². The largest absolute Gasteiger partial charge is 0.481 e. The van der Waals surface area contributed by atoms with Gasteiger partial charge >= 0.3 is 5.97 Å². The molecular weight excluding hydrogens is 428 g/mol. The standard InChI is InChI=1S/C28H42O4Si/c1-28(2,3)33(4,5)32-24(21-22-13-9-8-10-14-22)19-17-23-18-20-26(29)25(23)15-11-6-7-12-16-27(30)31/h6,8-10,12-14,18,24-26,29H,11,15-17,19-21H2,1-5H3,(H,30,31)/t7?,24?,25-,26?/m1/s1. The van der Waals surface area contributed by atoms with Crippen molar-refractivity contribution in [1.82, 2.24) is 0 Å². The Morgan fingerprint density at radius 2 is 1.94 bits per heavy atom. The molecule has 33 heavy (non-hydrogen) atoms. The molecule has 1 aromatic rings. The molecule has 0 saturated heterocycles. The molecule has 4 nitrogen and oxygen atoms in total. The first kappa shape index (κ1) is 27.3. The first-order valence-electron chi connectivity index (χ1n) is 12.2. The molecule has 0 amide bonds. The highest BCUT2D eigenvalue weighted by molar-refractivity contribution is 6.74. The minimum absolute atomic E-state index is 0.00919. The SMILES string of the molecule is CC(C)(C)[Si](C)(C)OC(CCC1=CCC(O)[C@@H]1CCC=C=CCC(=O)O)Cc1ccccc1. The van der Waals surface area contributed by atoms with Crippen LogP contribution in [-0.4, -0.2) is 36.7 Å². The molecular formula is C28H42O4Si. The third-order valence-corrected chi connectivity index (χ3v) is 11.6. The van der Waals surface area contributed by atoms with Crippen molar-refractivity contribution < 1.29 is 19.4 Å². The van der Waals surface area contributed by atoms with E-state index in [0.717, 1.165) is 32.1 Å². The number of benzene rings is 1. The van der Waals surface area contributed by atoms with Crippen molar-refractivity contribution >= 4 is 14.3 Å². The number of hydrogen-bond donors (Lipinski definition) is 2. The second-order valence-electron chi connectivity index (χ2n) is 10.7. The van der Waals surface area contributed by atoms with Crippen LogP contribution in [0.5, 0.6) is 0 Å². The summed E-state index contributed by atoms with van der Waals surface area (Å²) in [5.74, 6) is -0.690. The Morgan fingerprint density at radius 1 is 1.24 bits per heavy atom. The molecule has 0 heterocycles. The minimum Gasteiger partial charge on any atom is -0.481 e. The van der Waals surface area contributed by atoms with Gasteiger partial charge in [-0.3, -0.25) is 4.79 Å². The second-order valence-corrected chi connectivity index (χ2v) is 15.4. The van der Waals surface area contributed by atoms with Gasteiger partial charge in [-0.2, -0.15) is 0 Å². The molecule has 0 aromatic heterocycles. The van der Waals surface area contributed by atoms with Gasteiger partial charge in [0.25, 0.3) is 0 Å². The van der Waals surface area contributed by atoms with E-state index in [2.05, 4.69) is 69.9 Å². The molecule has 0 saturated carbocycles. The first-order chi connectivity index (χ1) is 15.5. The summed E-state index contributed by atoms with van der Waals surface area (Å²) in [5.41, 5.74) is 5.58. The van der Waals surface area contributed by atoms with Crippen molar-refractivity contribution in [2.75, 3.05) is 0 Å². The van der Waals surface area contributed by atoms with E-state index in [9.17, 15) is 9.90 Å². The fraction of sp³-hybridized carbons (Fsp3) is 0.571. The van der Waals surface area contributed by atoms with Crippen molar-refractivity contribution in [3.8, 4) is 0 Å². The number of carboxylic acids is 1. The topological polar surface area (TPSA) is 66.8 Å². The lowest BCUT2D eigenvalue weighted by Gasteiger charge is -2.39. The zero-order valence-corrected chi connectivity index (χ0v) is 22.0. The average Bonchev–Trinajstić information content (AvgIpc) is 3.08. The van der Waals surface area contributed by atoms with E-state index in [4.69, 9.17) is 9.53 Å². The summed E-state index contributed by atoms with van der Waals surface area (Å²) in [7, 11) is -1.90. The Bertz CT molecular complexity index is 844. The molecule has 0 bridgehead atoms. The fourth-order valence-electron chi connectivity index (χ4n) is 4.08. The lowest BCUT2D eigenvalue weighted by atomic mass is 9.90. The van der Waals surface area contributed by atoms with Crippen LogP contribution >= 0.6 is 0 Å². The molecule has 182 valence electrons. The summed E-state index contributed by atoms with van der Waals surface area (Å²) in [6.07, 6.45) is 10.6. The number of rotatable bonds is 12. The normalized spacial score (nSPS) is 19.5. The quantitative estimate of drug-likeness (QED) is 0.203. The van der Waals surface area contributed by atoms with Crippen molar-refractivity contribution in [1.29, 1.82) is 0 Å². The van der Waals surface area contributed by atoms with Gasteiger partial charge in [-0.1, -0.05) is 62.8 Å². The fourth-order valence-corrected chi connectivity index (χ4v) is 5.46. The van der Waals surface area contributed by atoms with Crippen LogP contribution in [0.3, 0.4) is 0 Å². The van der Waals surface area contributed by atoms with Crippen molar-refractivity contribution in [3.63, 3.8) is 0 Å². The molecule has 2 unspecified atom stereocenters. The van der Waals surface area contributed by atoms with E-state index in [1.807, 2.05) is 12.1 Å². The van der Waals surface area contributed by atoms with Gasteiger partial charge in [0.2, 0.25) is 0 Å². The summed E-state index contributed by atoms with van der Waals surface area (Å²) in [6, 6.07) is 10.6. The predicted octanol–water partition coefficient (Wildman–Crippen LogP) is 6.67. The third kappa shape index (κ3) is 9.09. The van der Waals surface area contributed by atoms with Crippen LogP contribution in [-0.2, 0) is 15.6 Å². The van der Waals surface area contributed by atoms with E-state index < -0.39 is 14.3 Å². The summed E-state index contributed by atoms with van der Waals surface area (Å²) in [6.45, 7) is 11.5. The van der Waals surface area contributed by atoms with Crippen LogP contribution in [0.4, 0.5) is 0 Å². The number of aliphatic hydroxyl groups is 1. The monoisotopic (exact) mass is 470 g/mol. The maximum absolute atomic E-state index is 10.6. The highest BCUT2D eigenvalue weighted by atomic mass is 28.4. The van der Waals surface area contributed by atoms with Crippen LogP contribution in [0.15, 0.2) is 59.9 Å². The second kappa shape index (κ2) is 12.5. The number of carboxylic acid groups (broad SMARTS) is 1. The van der Waals surface area contributed by atoms with Crippen LogP contribution in [0, 0.1) is 5.92 Å². The minimum atomic E-state index is -1.90. The molecule has 0 aliphatic heterocycles. The third-order valence-electron chi connectivity index (χ3n) is 7.03. The number of carbonyl (C=O) groups is 1. The Kier molecular flexibility index (Phi) is 10.4. The van der Waals surface area contributed by atoms with E-state index in [0.29, 0.717) is 6.42 Å². The number of hydrogen-bond acceptors (Lipinski definition) is 3. The zero-order valence-electron chi connectivity index (χ0n) is 21.0. The van der Waals surface area contributed by atoms with Gasteiger partial charge in [0, 0.05) is 12.0 Å². The maximum atomic E-state index is 10.6. The molecule has 1 aliphatic carbocycles. The lowest BCUT2D eigenvalue weighted by molar-refractivity contribution is -0.136. The Morgan fingerprint density at radius 3 is 2.58 bits per heavy atom. The summed E-state index contributed by atoms with van der Waals surface area (Å²) < 4.78 is 6.85. The van der Waals surface area contributed by atoms with Gasteiger partial charge in [-0.05, 0) is 74.4 Å². The Labute approximate surface area is 201 Å². The van der Waals surface area contributed by atoms with Crippen molar-refractivity contribution in [3.05, 3.63) is 65.4 Å². The molecule has 0 spiro atoms. The highest BCUT2D eigenvalue weighted by Crippen LogP contribution is 2.39. The van der Waals surface area contributed by atoms with Gasteiger partial charge in [0.05, 0.1) is 12.5 Å². The molecule has 1 aliphatic rings. The highest BCUT2D eigenvalue weighted by Gasteiger charge is 2.39. The van der Waals surface area contributed by atoms with Crippen molar-refractivity contribution in [2.24, 2.45) is 5.92 Å². The number of aliphatic hydroxyl groups excluding tert-OH is 1. The van der Waals surface area contributed by atoms with E-state index in [1.54, 1.807) is 0 Å². The summed E-state index contributed by atoms with van der Waals surface area (Å²) >= 11 is 0. The average molecular weight is 471 g/mol. The maximum Gasteiger partial charge on any atom is 0.307 e. The van der Waals surface area contributed by atoms with Crippen LogP contribution in [0.2, 0.25) is 18.1 Å². The predicted molar refractivity (Wildman–Crippen MR) is 138 cm³/mol. The number of aliphatic carboxylic acids is 1. The van der Waals surface area contributed by atoms with Gasteiger partial charge < -0.3 is 14.6 Å². The van der Waals surface area contributed by atoms with Gasteiger partial charge in [0.1, 0.15) is 0 Å². The van der Waals surface area contributed by atoms with E-state index in [1.165, 1.54) is 17.2 Å². The summed E-state index contributed by atoms with van der Waals surface area (Å²) in [4.78, 5) is 10.6. The summed E-state index contributed by atoms with van der Waals surface area (Å²) in [5, 5.41) is 19.4. The molecule has 0 fully saturated rings. The molecule has 1 aromatic carbocycles. The van der Waals surface area contributed by atoms with Crippen LogP contribution < -0.4 is 0 Å². The van der Waals surface area contributed by atoms with Crippen LogP contribution in [0.1, 0.15) is 64.9 Å². The smallest absolute Gasteiger partial charge is 0.307 e. The van der Waals surface area contributed by atoms with Crippen LogP contribution in [0.25, 0.3) is 0 Å². The van der Waals surface area contributed by atoms with Gasteiger partial charge in [0.15, 0.2) is 8.32 Å². The Hall–Kier alpha value is -1.91. The molecule has 2 N–H and O–H groups in total. The molecule has 2 rings (SSSR count). The molecule has 0 radical (unpaired) electrons. The molecule has 3 atom stereocenters. The van der Waals surface area contributed by atoms with Crippen molar-refractivity contribution in [2.45, 2.75) is 96.1 Å². The van der Waals surface area contributed by atoms with Gasteiger partial charge in [-0.25, -0.2) is 0 Å². The molecule has 5 heteroatoms. The first-order valence-corrected chi connectivity index (χ1v) is 15.1. The van der Waals surface area contributed by atoms with E-state index >= 15 is 0 Å².